The zero-order valence-corrected chi connectivity index (χ0v) is 9.96. The molecule has 1 N–H and O–H groups in total. The zero-order valence-electron chi connectivity index (χ0n) is 9.96. The van der Waals surface area contributed by atoms with Gasteiger partial charge in [0.15, 0.2) is 0 Å². The van der Waals surface area contributed by atoms with Crippen LogP contribution in [0.25, 0.3) is 0 Å². The highest BCUT2D eigenvalue weighted by Crippen LogP contribution is 2.04. The maximum absolute atomic E-state index is 4.00. The summed E-state index contributed by atoms with van der Waals surface area (Å²) < 4.78 is 0. The summed E-state index contributed by atoms with van der Waals surface area (Å²) in [6, 6.07) is 8.04. The van der Waals surface area contributed by atoms with Crippen molar-refractivity contribution in [1.82, 2.24) is 5.43 Å². The maximum atomic E-state index is 4.00. The Balaban J connectivity index is 2.77. The van der Waals surface area contributed by atoms with Crippen molar-refractivity contribution in [1.29, 1.82) is 0 Å². The third kappa shape index (κ3) is 4.18. The number of nitrogens with one attached hydrogen (secondary N) is 1. The molecule has 0 radical (unpaired) electrons. The summed E-state index contributed by atoms with van der Waals surface area (Å²) >= 11 is 0. The number of hydrogen-bond donors (Lipinski definition) is 1. The highest BCUT2D eigenvalue weighted by Gasteiger charge is 1.94. The normalized spacial score (nSPS) is 9.88. The molecule has 0 aliphatic rings. The first kappa shape index (κ1) is 12.3. The number of benzene rings is 1. The molecule has 0 aliphatic carbocycles. The van der Waals surface area contributed by atoms with Gasteiger partial charge in [-0.15, -0.1) is 0 Å². The molecule has 1 aromatic carbocycles. The lowest BCUT2D eigenvalue weighted by molar-refractivity contribution is 0.828. The van der Waals surface area contributed by atoms with Crippen LogP contribution in [0.3, 0.4) is 0 Å². The predicted molar refractivity (Wildman–Crippen MR) is 69.5 cm³/mol. The van der Waals surface area contributed by atoms with Crippen molar-refractivity contribution in [3.05, 3.63) is 35.4 Å². The highest BCUT2D eigenvalue weighted by atomic mass is 15.3. The predicted octanol–water partition coefficient (Wildman–Crippen LogP) is 2.78. The van der Waals surface area contributed by atoms with Crippen LogP contribution >= 0.6 is 0 Å². The van der Waals surface area contributed by atoms with Crippen molar-refractivity contribution in [3.63, 3.8) is 0 Å². The minimum atomic E-state index is 0.966. The highest BCUT2D eigenvalue weighted by molar-refractivity contribution is 5.83. The van der Waals surface area contributed by atoms with Crippen LogP contribution < -0.4 is 5.43 Å². The van der Waals surface area contributed by atoms with Crippen molar-refractivity contribution in [2.24, 2.45) is 5.10 Å². The Bertz CT molecular complexity index is 397. The molecule has 0 fully saturated rings. The molecule has 0 aromatic heterocycles. The summed E-state index contributed by atoms with van der Waals surface area (Å²) in [5, 5.41) is 4.00. The molecule has 84 valence electrons. The van der Waals surface area contributed by atoms with E-state index in [1.54, 1.807) is 13.3 Å². The van der Waals surface area contributed by atoms with Crippen molar-refractivity contribution in [2.45, 2.75) is 26.2 Å². The van der Waals surface area contributed by atoms with E-state index < -0.39 is 0 Å². The molecule has 0 atom stereocenters. The van der Waals surface area contributed by atoms with E-state index in [0.717, 1.165) is 17.5 Å². The molecule has 1 rings (SSSR count). The topological polar surface area (TPSA) is 24.4 Å². The second kappa shape index (κ2) is 7.53. The van der Waals surface area contributed by atoms with Gasteiger partial charge in [0, 0.05) is 24.6 Å². The Morgan fingerprint density at radius 2 is 2.19 bits per heavy atom. The molecule has 0 amide bonds. The van der Waals surface area contributed by atoms with E-state index in [1.807, 2.05) is 24.3 Å². The third-order valence-electron chi connectivity index (χ3n) is 2.17. The van der Waals surface area contributed by atoms with Gasteiger partial charge < -0.3 is 5.43 Å². The fraction of sp³-hybridized carbons (Fsp3) is 0.357. The summed E-state index contributed by atoms with van der Waals surface area (Å²) in [5.74, 6) is 6.38. The lowest BCUT2D eigenvalue weighted by Crippen LogP contribution is -1.96. The van der Waals surface area contributed by atoms with Gasteiger partial charge in [-0.1, -0.05) is 43.4 Å². The minimum absolute atomic E-state index is 0.966. The van der Waals surface area contributed by atoms with Crippen LogP contribution in [-0.4, -0.2) is 13.3 Å². The van der Waals surface area contributed by atoms with E-state index in [9.17, 15) is 0 Å². The average Bonchev–Trinajstić information content (AvgIpc) is 2.33. The second-order valence-electron chi connectivity index (χ2n) is 3.47. The van der Waals surface area contributed by atoms with Crippen LogP contribution in [0.15, 0.2) is 29.4 Å². The monoisotopic (exact) mass is 214 g/mol. The van der Waals surface area contributed by atoms with Gasteiger partial charge in [-0.3, -0.25) is 0 Å². The third-order valence-corrected chi connectivity index (χ3v) is 2.17. The number of hydrazone groups is 1. The van der Waals surface area contributed by atoms with Crippen LogP contribution in [0.1, 0.15) is 37.3 Å². The molecule has 0 saturated heterocycles. The van der Waals surface area contributed by atoms with Gasteiger partial charge in [0.1, 0.15) is 0 Å². The second-order valence-corrected chi connectivity index (χ2v) is 3.47. The first-order valence-electron chi connectivity index (χ1n) is 5.66. The van der Waals surface area contributed by atoms with Gasteiger partial charge in [-0.2, -0.15) is 5.10 Å². The van der Waals surface area contributed by atoms with Crippen molar-refractivity contribution in [3.8, 4) is 11.8 Å². The number of rotatable bonds is 4. The first-order valence-corrected chi connectivity index (χ1v) is 5.66. The first-order chi connectivity index (χ1) is 7.88. The molecule has 16 heavy (non-hydrogen) atoms. The van der Waals surface area contributed by atoms with Crippen molar-refractivity contribution < 1.29 is 0 Å². The van der Waals surface area contributed by atoms with Gasteiger partial charge in [-0.05, 0) is 12.5 Å². The molecule has 0 saturated carbocycles. The van der Waals surface area contributed by atoms with E-state index in [1.165, 1.54) is 12.8 Å². The van der Waals surface area contributed by atoms with Crippen molar-refractivity contribution >= 4 is 6.21 Å². The summed E-state index contributed by atoms with van der Waals surface area (Å²) in [5.41, 5.74) is 4.84. The maximum Gasteiger partial charge on any atom is 0.0552 e. The van der Waals surface area contributed by atoms with Crippen LogP contribution in [0.4, 0.5) is 0 Å². The minimum Gasteiger partial charge on any atom is -0.313 e. The molecule has 1 aromatic rings. The molecule has 0 bridgehead atoms. The number of nitrogens with zero attached hydrogens (tertiary/aromatic N) is 1. The molecular weight excluding hydrogens is 196 g/mol. The Morgan fingerprint density at radius 1 is 1.38 bits per heavy atom. The van der Waals surface area contributed by atoms with Crippen LogP contribution in [0.2, 0.25) is 0 Å². The van der Waals surface area contributed by atoms with E-state index in [4.69, 9.17) is 0 Å². The fourth-order valence-electron chi connectivity index (χ4n) is 1.28. The average molecular weight is 214 g/mol. The summed E-state index contributed by atoms with van der Waals surface area (Å²) in [6.45, 7) is 2.18. The molecule has 0 spiro atoms. The Kier molecular flexibility index (Phi) is 5.80. The summed E-state index contributed by atoms with van der Waals surface area (Å²) in [4.78, 5) is 0. The van der Waals surface area contributed by atoms with E-state index in [2.05, 4.69) is 29.3 Å². The summed E-state index contributed by atoms with van der Waals surface area (Å²) in [6.07, 6.45) is 5.12. The number of unbranched alkanes of at least 4 members (excludes halogenated alkanes) is 2. The van der Waals surface area contributed by atoms with Gasteiger partial charge in [0.2, 0.25) is 0 Å². The van der Waals surface area contributed by atoms with E-state index in [0.29, 0.717) is 0 Å². The zero-order chi connectivity index (χ0) is 11.6. The Labute approximate surface area is 97.8 Å². The molecule has 0 aliphatic heterocycles. The van der Waals surface area contributed by atoms with Gasteiger partial charge in [0.25, 0.3) is 0 Å². The Hall–Kier alpha value is -1.75. The van der Waals surface area contributed by atoms with E-state index in [-0.39, 0.29) is 0 Å². The molecule has 0 heterocycles. The van der Waals surface area contributed by atoms with Gasteiger partial charge >= 0.3 is 0 Å². The van der Waals surface area contributed by atoms with E-state index >= 15 is 0 Å². The number of hydrogen-bond acceptors (Lipinski definition) is 2. The lowest BCUT2D eigenvalue weighted by Gasteiger charge is -1.96. The Morgan fingerprint density at radius 3 is 2.94 bits per heavy atom. The summed E-state index contributed by atoms with van der Waals surface area (Å²) in [7, 11) is 1.78. The molecular formula is C14H18N2. The van der Waals surface area contributed by atoms with Crippen LogP contribution in [0.5, 0.6) is 0 Å². The van der Waals surface area contributed by atoms with Crippen LogP contribution in [0, 0.1) is 11.8 Å². The molecule has 0 unspecified atom stereocenters. The standard InChI is InChI=1S/C14H18N2/c1-3-4-5-6-9-13-10-7-8-11-14(13)12-16-15-2/h7-8,10-12,15H,3-5H2,1-2H3/b16-12+. The fourth-order valence-corrected chi connectivity index (χ4v) is 1.28. The quantitative estimate of drug-likeness (QED) is 0.354. The SMILES string of the molecule is CCCCC#Cc1ccccc1/C=N/NC. The largest absolute Gasteiger partial charge is 0.313 e. The van der Waals surface area contributed by atoms with Crippen molar-refractivity contribution in [2.75, 3.05) is 7.05 Å². The van der Waals surface area contributed by atoms with Crippen LogP contribution in [-0.2, 0) is 0 Å². The van der Waals surface area contributed by atoms with Gasteiger partial charge in [-0.25, -0.2) is 0 Å². The van der Waals surface area contributed by atoms with Gasteiger partial charge in [0.05, 0.1) is 6.21 Å². The smallest absolute Gasteiger partial charge is 0.0552 e. The lowest BCUT2D eigenvalue weighted by atomic mass is 10.1. The molecule has 2 nitrogen and oxygen atoms in total. The molecule has 2 heteroatoms.